The van der Waals surface area contributed by atoms with Gasteiger partial charge in [-0.05, 0) is 49.2 Å². The Hall–Kier alpha value is -2.49. The number of anilines is 2. The molecular weight excluding hydrogens is 469 g/mol. The van der Waals surface area contributed by atoms with Gasteiger partial charge in [-0.2, -0.15) is 4.31 Å². The molecule has 2 aromatic carbocycles. The van der Waals surface area contributed by atoms with Crippen LogP contribution in [0.5, 0.6) is 0 Å². The Morgan fingerprint density at radius 3 is 2.21 bits per heavy atom. The lowest BCUT2D eigenvalue weighted by atomic mass is 9.95. The van der Waals surface area contributed by atoms with Crippen molar-refractivity contribution in [2.45, 2.75) is 38.5 Å². The summed E-state index contributed by atoms with van der Waals surface area (Å²) in [7, 11) is -3.83. The fourth-order valence-electron chi connectivity index (χ4n) is 3.38. The van der Waals surface area contributed by atoms with Gasteiger partial charge in [-0.3, -0.25) is 9.59 Å². The van der Waals surface area contributed by atoms with Gasteiger partial charge >= 0.3 is 0 Å². The van der Waals surface area contributed by atoms with E-state index in [0.717, 1.165) is 12.1 Å². The maximum atomic E-state index is 13.4. The molecule has 0 unspecified atom stereocenters. The van der Waals surface area contributed by atoms with Crippen LogP contribution in [-0.4, -0.2) is 37.6 Å². The van der Waals surface area contributed by atoms with Crippen molar-refractivity contribution < 1.29 is 22.4 Å². The molecule has 2 N–H and O–H groups in total. The Morgan fingerprint density at radius 1 is 1.03 bits per heavy atom. The third-order valence-electron chi connectivity index (χ3n) is 5.42. The van der Waals surface area contributed by atoms with E-state index in [4.69, 9.17) is 11.6 Å². The molecule has 1 saturated heterocycles. The summed E-state index contributed by atoms with van der Waals surface area (Å²) in [6, 6.07) is 10.2. The largest absolute Gasteiger partial charge is 0.326 e. The minimum Gasteiger partial charge on any atom is -0.326 e. The van der Waals surface area contributed by atoms with Crippen molar-refractivity contribution in [1.82, 2.24) is 4.31 Å². The number of halogens is 2. The van der Waals surface area contributed by atoms with Gasteiger partial charge in [0.05, 0.1) is 9.92 Å². The summed E-state index contributed by atoms with van der Waals surface area (Å²) in [5.41, 5.74) is 0.571. The Labute approximate surface area is 198 Å². The lowest BCUT2D eigenvalue weighted by Gasteiger charge is -2.30. The van der Waals surface area contributed by atoms with E-state index in [-0.39, 0.29) is 40.7 Å². The molecule has 2 amide bonds. The highest BCUT2D eigenvalue weighted by atomic mass is 35.5. The van der Waals surface area contributed by atoms with Crippen LogP contribution in [0.25, 0.3) is 0 Å². The molecule has 0 spiro atoms. The van der Waals surface area contributed by atoms with E-state index in [0.29, 0.717) is 24.2 Å². The quantitative estimate of drug-likeness (QED) is 0.638. The van der Waals surface area contributed by atoms with Gasteiger partial charge in [0.2, 0.25) is 21.8 Å². The smallest absolute Gasteiger partial charge is 0.243 e. The highest BCUT2D eigenvalue weighted by Crippen LogP contribution is 2.27. The highest BCUT2D eigenvalue weighted by molar-refractivity contribution is 7.89. The minimum absolute atomic E-state index is 0.0779. The molecule has 1 aliphatic heterocycles. The average molecular weight is 496 g/mol. The van der Waals surface area contributed by atoms with Gasteiger partial charge in [-0.15, -0.1) is 0 Å². The topological polar surface area (TPSA) is 95.6 Å². The minimum atomic E-state index is -3.83. The summed E-state index contributed by atoms with van der Waals surface area (Å²) in [6.45, 7) is 5.76. The average Bonchev–Trinajstić information content (AvgIpc) is 2.75. The molecule has 1 heterocycles. The molecule has 0 atom stereocenters. The van der Waals surface area contributed by atoms with E-state index in [2.05, 4.69) is 10.6 Å². The van der Waals surface area contributed by atoms with Gasteiger partial charge in [-0.1, -0.05) is 38.4 Å². The summed E-state index contributed by atoms with van der Waals surface area (Å²) in [4.78, 5) is 24.9. The van der Waals surface area contributed by atoms with E-state index < -0.39 is 21.3 Å². The summed E-state index contributed by atoms with van der Waals surface area (Å²) >= 11 is 5.73. The molecule has 1 aliphatic rings. The summed E-state index contributed by atoms with van der Waals surface area (Å²) < 4.78 is 40.3. The van der Waals surface area contributed by atoms with Gasteiger partial charge in [0.1, 0.15) is 5.82 Å². The fourth-order valence-corrected chi connectivity index (χ4v) is 5.12. The standard InChI is InChI=1S/C23H27ClFN3O4S/c1-23(2,3)22(30)27-17-6-4-5-16(13-17)26-21(29)15-9-11-28(12-10-15)33(31,32)18-7-8-20(25)19(24)14-18/h4-8,13-15H,9-12H2,1-3H3,(H,26,29)(H,27,30). The predicted octanol–water partition coefficient (Wildman–Crippen LogP) is 4.50. The first kappa shape index (κ1) is 25.1. The summed E-state index contributed by atoms with van der Waals surface area (Å²) in [5.74, 6) is -1.40. The second-order valence-electron chi connectivity index (χ2n) is 9.03. The molecule has 0 saturated carbocycles. The number of nitrogens with zero attached hydrogens (tertiary/aromatic N) is 1. The van der Waals surface area contributed by atoms with Crippen molar-refractivity contribution in [2.24, 2.45) is 11.3 Å². The molecule has 178 valence electrons. The first-order chi connectivity index (χ1) is 15.4. The SMILES string of the molecule is CC(C)(C)C(=O)Nc1cccc(NC(=O)C2CCN(S(=O)(=O)c3ccc(F)c(Cl)c3)CC2)c1. The molecule has 33 heavy (non-hydrogen) atoms. The van der Waals surface area contributed by atoms with Crippen LogP contribution in [0.1, 0.15) is 33.6 Å². The number of amides is 2. The van der Waals surface area contributed by atoms with Crippen LogP contribution >= 0.6 is 11.6 Å². The summed E-state index contributed by atoms with van der Waals surface area (Å²) in [5, 5.41) is 5.41. The number of carbonyl (C=O) groups is 2. The molecular formula is C23H27ClFN3O4S. The summed E-state index contributed by atoms with van der Waals surface area (Å²) in [6.07, 6.45) is 0.695. The lowest BCUT2D eigenvalue weighted by molar-refractivity contribution is -0.123. The van der Waals surface area contributed by atoms with Gasteiger partial charge in [0.25, 0.3) is 0 Å². The Balaban J connectivity index is 1.60. The Bertz CT molecular complexity index is 1160. The van der Waals surface area contributed by atoms with Gasteiger partial charge in [-0.25, -0.2) is 12.8 Å². The zero-order chi connectivity index (χ0) is 24.4. The zero-order valence-electron chi connectivity index (χ0n) is 18.7. The Kier molecular flexibility index (Phi) is 7.45. The second kappa shape index (κ2) is 9.79. The van der Waals surface area contributed by atoms with Crippen molar-refractivity contribution in [3.05, 3.63) is 53.3 Å². The van der Waals surface area contributed by atoms with E-state index in [1.54, 1.807) is 24.3 Å². The normalized spacial score (nSPS) is 15.8. The van der Waals surface area contributed by atoms with Crippen LogP contribution in [0.3, 0.4) is 0 Å². The van der Waals surface area contributed by atoms with Gasteiger partial charge in [0, 0.05) is 35.8 Å². The molecule has 0 bridgehead atoms. The number of carbonyl (C=O) groups excluding carboxylic acids is 2. The lowest BCUT2D eigenvalue weighted by Crippen LogP contribution is -2.41. The van der Waals surface area contributed by atoms with E-state index >= 15 is 0 Å². The molecule has 0 aromatic heterocycles. The first-order valence-corrected chi connectivity index (χ1v) is 12.4. The number of hydrogen-bond acceptors (Lipinski definition) is 4. The second-order valence-corrected chi connectivity index (χ2v) is 11.4. The van der Waals surface area contributed by atoms with Gasteiger partial charge < -0.3 is 10.6 Å². The van der Waals surface area contributed by atoms with Crippen LogP contribution in [-0.2, 0) is 19.6 Å². The number of benzene rings is 2. The van der Waals surface area contributed by atoms with Crippen molar-refractivity contribution in [2.75, 3.05) is 23.7 Å². The number of nitrogens with one attached hydrogen (secondary N) is 2. The number of piperidine rings is 1. The highest BCUT2D eigenvalue weighted by Gasteiger charge is 2.32. The van der Waals surface area contributed by atoms with Crippen LogP contribution in [0.2, 0.25) is 5.02 Å². The molecule has 7 nitrogen and oxygen atoms in total. The van der Waals surface area contributed by atoms with Crippen LogP contribution < -0.4 is 10.6 Å². The van der Waals surface area contributed by atoms with Crippen LogP contribution in [0.15, 0.2) is 47.4 Å². The number of rotatable bonds is 5. The van der Waals surface area contributed by atoms with E-state index in [1.165, 1.54) is 10.4 Å². The third-order valence-corrected chi connectivity index (χ3v) is 7.61. The fraction of sp³-hybridized carbons (Fsp3) is 0.391. The van der Waals surface area contributed by atoms with Crippen molar-refractivity contribution in [1.29, 1.82) is 0 Å². The molecule has 0 radical (unpaired) electrons. The van der Waals surface area contributed by atoms with E-state index in [9.17, 15) is 22.4 Å². The first-order valence-electron chi connectivity index (χ1n) is 10.6. The molecule has 1 fully saturated rings. The molecule has 2 aromatic rings. The third kappa shape index (κ3) is 6.10. The van der Waals surface area contributed by atoms with Crippen molar-refractivity contribution >= 4 is 44.8 Å². The maximum absolute atomic E-state index is 13.4. The van der Waals surface area contributed by atoms with E-state index in [1.807, 2.05) is 20.8 Å². The Morgan fingerprint density at radius 2 is 1.64 bits per heavy atom. The number of sulfonamides is 1. The monoisotopic (exact) mass is 495 g/mol. The maximum Gasteiger partial charge on any atom is 0.243 e. The van der Waals surface area contributed by atoms with Gasteiger partial charge in [0.15, 0.2) is 0 Å². The molecule has 0 aliphatic carbocycles. The van der Waals surface area contributed by atoms with Crippen molar-refractivity contribution in [3.63, 3.8) is 0 Å². The zero-order valence-corrected chi connectivity index (χ0v) is 20.3. The number of hydrogen-bond donors (Lipinski definition) is 2. The van der Waals surface area contributed by atoms with Crippen LogP contribution in [0.4, 0.5) is 15.8 Å². The molecule has 3 rings (SSSR count). The van der Waals surface area contributed by atoms with Crippen LogP contribution in [0, 0.1) is 17.2 Å². The molecule has 10 heteroatoms. The predicted molar refractivity (Wildman–Crippen MR) is 126 cm³/mol. The van der Waals surface area contributed by atoms with Crippen molar-refractivity contribution in [3.8, 4) is 0 Å².